The van der Waals surface area contributed by atoms with Crippen molar-refractivity contribution in [2.45, 2.75) is 132 Å². The summed E-state index contributed by atoms with van der Waals surface area (Å²) in [4.78, 5) is 12.4. The third-order valence-corrected chi connectivity index (χ3v) is 6.54. The number of rotatable bonds is 13. The molecular weight excluding hydrogens is 452 g/mol. The second-order valence-electron chi connectivity index (χ2n) is 9.35. The lowest BCUT2D eigenvalue weighted by atomic mass is 9.84. The maximum Gasteiger partial charge on any atom is 0.306 e. The van der Waals surface area contributed by atoms with Crippen molar-refractivity contribution in [3.05, 3.63) is 0 Å². The van der Waals surface area contributed by atoms with Crippen molar-refractivity contribution in [2.24, 2.45) is 0 Å². The van der Waals surface area contributed by atoms with Gasteiger partial charge in [-0.15, -0.1) is 0 Å². The van der Waals surface area contributed by atoms with Crippen LogP contribution in [0.3, 0.4) is 0 Å². The first-order valence-corrected chi connectivity index (χ1v) is 12.4. The van der Waals surface area contributed by atoms with E-state index < -0.39 is 67.2 Å². The second-order valence-corrected chi connectivity index (χ2v) is 9.35. The number of aliphatic hydroxyl groups excluding tert-OH is 7. The Balaban J connectivity index is 1.87. The van der Waals surface area contributed by atoms with Gasteiger partial charge in [0.1, 0.15) is 48.8 Å². The highest BCUT2D eigenvalue weighted by atomic mass is 16.7. The van der Waals surface area contributed by atoms with Crippen LogP contribution in [0.15, 0.2) is 0 Å². The van der Waals surface area contributed by atoms with Crippen molar-refractivity contribution >= 4 is 5.97 Å². The standard InChI is InChI=1S/C23H42O11/c1-2-3-4-5-6-7-8-9-10-11-14(25)33-21-18(29)16(27)17(28)19(30)22(21)34-23-20(31)15(26)13(24)12-32-23/h13,15-24,26-31H,2-12H2,1H3/t13-,15+,16+,17+,18-,19-,20+,21-,22+,23+/m1/s1. The Hall–Kier alpha value is -0.890. The Labute approximate surface area is 200 Å². The summed E-state index contributed by atoms with van der Waals surface area (Å²) in [5.41, 5.74) is 0. The van der Waals surface area contributed by atoms with Gasteiger partial charge in [0.2, 0.25) is 0 Å². The smallest absolute Gasteiger partial charge is 0.306 e. The molecule has 0 aromatic rings. The van der Waals surface area contributed by atoms with Gasteiger partial charge in [-0.3, -0.25) is 4.79 Å². The zero-order valence-electron chi connectivity index (χ0n) is 19.8. The van der Waals surface area contributed by atoms with Gasteiger partial charge in [-0.2, -0.15) is 0 Å². The van der Waals surface area contributed by atoms with Crippen molar-refractivity contribution < 1.29 is 54.8 Å². The Morgan fingerprint density at radius 2 is 1.24 bits per heavy atom. The number of carbonyl (C=O) groups excluding carboxylic acids is 1. The summed E-state index contributed by atoms with van der Waals surface area (Å²) in [7, 11) is 0. The van der Waals surface area contributed by atoms with Crippen LogP contribution in [0.4, 0.5) is 0 Å². The molecule has 0 radical (unpaired) electrons. The normalized spacial score (nSPS) is 38.6. The van der Waals surface area contributed by atoms with E-state index in [0.29, 0.717) is 6.42 Å². The summed E-state index contributed by atoms with van der Waals surface area (Å²) < 4.78 is 15.9. The fourth-order valence-electron chi connectivity index (χ4n) is 4.32. The van der Waals surface area contributed by atoms with Crippen LogP contribution in [0.5, 0.6) is 0 Å². The van der Waals surface area contributed by atoms with E-state index in [4.69, 9.17) is 14.2 Å². The zero-order chi connectivity index (χ0) is 25.3. The SMILES string of the molecule is CCCCCCCCCCCC(=O)O[C@@H]1[C@H](O)[C@@H](O)[C@H](O)[C@@H](O)[C@@H]1O[C@@H]1OC[C@@H](O)[C@H](O)[C@@H]1O. The molecule has 0 spiro atoms. The van der Waals surface area contributed by atoms with Gasteiger partial charge in [-0.1, -0.05) is 58.3 Å². The maximum absolute atomic E-state index is 12.4. The van der Waals surface area contributed by atoms with Crippen molar-refractivity contribution in [1.82, 2.24) is 0 Å². The molecular formula is C23H42O11. The molecule has 0 unspecified atom stereocenters. The van der Waals surface area contributed by atoms with Crippen LogP contribution in [0.25, 0.3) is 0 Å². The van der Waals surface area contributed by atoms with E-state index >= 15 is 0 Å². The number of carbonyl (C=O) groups is 1. The van der Waals surface area contributed by atoms with E-state index in [1.807, 2.05) is 0 Å². The lowest BCUT2D eigenvalue weighted by molar-refractivity contribution is -0.322. The van der Waals surface area contributed by atoms with Gasteiger partial charge in [0.25, 0.3) is 0 Å². The Kier molecular flexibility index (Phi) is 12.6. The fraction of sp³-hybridized carbons (Fsp3) is 0.957. The van der Waals surface area contributed by atoms with Crippen LogP contribution in [0, 0.1) is 0 Å². The second kappa shape index (κ2) is 14.6. The summed E-state index contributed by atoms with van der Waals surface area (Å²) in [6.07, 6.45) is -6.85. The average molecular weight is 495 g/mol. The topological polar surface area (TPSA) is 186 Å². The quantitative estimate of drug-likeness (QED) is 0.124. The van der Waals surface area contributed by atoms with Crippen molar-refractivity contribution in [2.75, 3.05) is 6.61 Å². The third-order valence-electron chi connectivity index (χ3n) is 6.54. The van der Waals surface area contributed by atoms with E-state index in [0.717, 1.165) is 25.7 Å². The fourth-order valence-corrected chi connectivity index (χ4v) is 4.32. The molecule has 200 valence electrons. The van der Waals surface area contributed by atoms with Gasteiger partial charge in [0, 0.05) is 6.42 Å². The molecule has 11 nitrogen and oxygen atoms in total. The number of unbranched alkanes of at least 4 members (excludes halogenated alkanes) is 8. The molecule has 7 N–H and O–H groups in total. The first kappa shape index (κ1) is 29.3. The van der Waals surface area contributed by atoms with Crippen LogP contribution in [-0.2, 0) is 19.0 Å². The summed E-state index contributed by atoms with van der Waals surface area (Å²) in [5.74, 6) is -0.669. The highest BCUT2D eigenvalue weighted by Gasteiger charge is 2.53. The highest BCUT2D eigenvalue weighted by molar-refractivity contribution is 5.69. The highest BCUT2D eigenvalue weighted by Crippen LogP contribution is 2.30. The summed E-state index contributed by atoms with van der Waals surface area (Å²) in [6.45, 7) is 1.80. The summed E-state index contributed by atoms with van der Waals surface area (Å²) in [6, 6.07) is 0. The molecule has 1 heterocycles. The molecule has 2 aliphatic rings. The first-order valence-electron chi connectivity index (χ1n) is 12.4. The lowest BCUT2D eigenvalue weighted by Gasteiger charge is -2.45. The molecule has 1 saturated heterocycles. The van der Waals surface area contributed by atoms with Gasteiger partial charge < -0.3 is 50.0 Å². The molecule has 0 aromatic carbocycles. The Morgan fingerprint density at radius 1 is 0.706 bits per heavy atom. The van der Waals surface area contributed by atoms with Gasteiger partial charge in [-0.05, 0) is 6.42 Å². The average Bonchev–Trinajstić information content (AvgIpc) is 2.82. The first-order chi connectivity index (χ1) is 16.2. The molecule has 1 aliphatic heterocycles. The minimum absolute atomic E-state index is 0.0635. The number of esters is 1. The van der Waals surface area contributed by atoms with Crippen LogP contribution in [0.2, 0.25) is 0 Å². The Bertz CT molecular complexity index is 591. The van der Waals surface area contributed by atoms with E-state index in [1.54, 1.807) is 0 Å². The molecule has 10 atom stereocenters. The predicted molar refractivity (Wildman–Crippen MR) is 118 cm³/mol. The number of aliphatic hydroxyl groups is 7. The van der Waals surface area contributed by atoms with E-state index in [-0.39, 0.29) is 13.0 Å². The van der Waals surface area contributed by atoms with Crippen molar-refractivity contribution in [1.29, 1.82) is 0 Å². The molecule has 34 heavy (non-hydrogen) atoms. The molecule has 2 rings (SSSR count). The van der Waals surface area contributed by atoms with E-state index in [9.17, 15) is 40.5 Å². The molecule has 0 aromatic heterocycles. The van der Waals surface area contributed by atoms with E-state index in [1.165, 1.54) is 25.7 Å². The van der Waals surface area contributed by atoms with E-state index in [2.05, 4.69) is 6.92 Å². The monoisotopic (exact) mass is 494 g/mol. The maximum atomic E-state index is 12.4. The molecule has 1 saturated carbocycles. The van der Waals surface area contributed by atoms with Gasteiger partial charge in [-0.25, -0.2) is 0 Å². The number of ether oxygens (including phenoxy) is 3. The zero-order valence-corrected chi connectivity index (χ0v) is 19.8. The van der Waals surface area contributed by atoms with Crippen LogP contribution in [-0.4, -0.2) is 110 Å². The summed E-state index contributed by atoms with van der Waals surface area (Å²) in [5, 5.41) is 70.4. The number of hydrogen-bond donors (Lipinski definition) is 7. The lowest BCUT2D eigenvalue weighted by Crippen LogP contribution is -2.67. The third kappa shape index (κ3) is 8.07. The molecule has 0 amide bonds. The van der Waals surface area contributed by atoms with Gasteiger partial charge in [0.15, 0.2) is 12.4 Å². The minimum Gasteiger partial charge on any atom is -0.457 e. The largest absolute Gasteiger partial charge is 0.457 e. The molecule has 11 heteroatoms. The predicted octanol–water partition coefficient (Wildman–Crippen LogP) is -0.899. The molecule has 2 fully saturated rings. The van der Waals surface area contributed by atoms with Gasteiger partial charge in [0.05, 0.1) is 6.61 Å². The van der Waals surface area contributed by atoms with Crippen LogP contribution >= 0.6 is 0 Å². The van der Waals surface area contributed by atoms with Gasteiger partial charge >= 0.3 is 5.97 Å². The molecule has 0 bridgehead atoms. The Morgan fingerprint density at radius 3 is 1.82 bits per heavy atom. The molecule has 1 aliphatic carbocycles. The van der Waals surface area contributed by atoms with Crippen LogP contribution in [0.1, 0.15) is 71.1 Å². The van der Waals surface area contributed by atoms with Crippen molar-refractivity contribution in [3.63, 3.8) is 0 Å². The minimum atomic E-state index is -1.82. The summed E-state index contributed by atoms with van der Waals surface area (Å²) >= 11 is 0. The number of hydrogen-bond acceptors (Lipinski definition) is 11. The van der Waals surface area contributed by atoms with Crippen molar-refractivity contribution in [3.8, 4) is 0 Å². The van der Waals surface area contributed by atoms with Crippen LogP contribution < -0.4 is 0 Å².